The largest absolute Gasteiger partial charge is 0.378 e. The third-order valence-electron chi connectivity index (χ3n) is 3.37. The minimum Gasteiger partial charge on any atom is -0.378 e. The molecule has 0 aliphatic heterocycles. The van der Waals surface area contributed by atoms with E-state index in [1.807, 2.05) is 0 Å². The molecule has 1 rings (SSSR count). The standard InChI is InChI=1S/C12H25NO/c1-4-10-5-6-12(13)11(7-10)8-14-9(2)3/h9-12H,4-8,13H2,1-3H3. The summed E-state index contributed by atoms with van der Waals surface area (Å²) in [6, 6.07) is 0.372. The number of rotatable bonds is 4. The van der Waals surface area contributed by atoms with Gasteiger partial charge in [-0.1, -0.05) is 13.3 Å². The second kappa shape index (κ2) is 5.72. The van der Waals surface area contributed by atoms with Crippen molar-refractivity contribution >= 4 is 0 Å². The zero-order valence-corrected chi connectivity index (χ0v) is 9.83. The molecule has 0 spiro atoms. The van der Waals surface area contributed by atoms with Crippen molar-refractivity contribution in [2.24, 2.45) is 17.6 Å². The predicted octanol–water partition coefficient (Wildman–Crippen LogP) is 2.57. The van der Waals surface area contributed by atoms with Gasteiger partial charge in [0.25, 0.3) is 0 Å². The fourth-order valence-corrected chi connectivity index (χ4v) is 2.26. The summed E-state index contributed by atoms with van der Waals surface area (Å²) in [5.41, 5.74) is 6.10. The highest BCUT2D eigenvalue weighted by Crippen LogP contribution is 2.30. The maximum atomic E-state index is 6.10. The maximum absolute atomic E-state index is 6.10. The Morgan fingerprint density at radius 3 is 2.64 bits per heavy atom. The molecule has 3 atom stereocenters. The molecule has 14 heavy (non-hydrogen) atoms. The Bertz CT molecular complexity index is 158. The topological polar surface area (TPSA) is 35.2 Å². The van der Waals surface area contributed by atoms with Crippen LogP contribution in [-0.4, -0.2) is 18.8 Å². The summed E-state index contributed by atoms with van der Waals surface area (Å²) >= 11 is 0. The van der Waals surface area contributed by atoms with E-state index >= 15 is 0 Å². The summed E-state index contributed by atoms with van der Waals surface area (Å²) in [7, 11) is 0. The number of hydrogen-bond acceptors (Lipinski definition) is 2. The lowest BCUT2D eigenvalue weighted by Crippen LogP contribution is -2.39. The molecule has 0 amide bonds. The highest BCUT2D eigenvalue weighted by atomic mass is 16.5. The lowest BCUT2D eigenvalue weighted by Gasteiger charge is -2.33. The fourth-order valence-electron chi connectivity index (χ4n) is 2.26. The van der Waals surface area contributed by atoms with E-state index in [0.29, 0.717) is 18.1 Å². The number of nitrogens with two attached hydrogens (primary N) is 1. The van der Waals surface area contributed by atoms with Crippen LogP contribution in [0.3, 0.4) is 0 Å². The van der Waals surface area contributed by atoms with Crippen molar-refractivity contribution in [3.63, 3.8) is 0 Å². The van der Waals surface area contributed by atoms with E-state index in [4.69, 9.17) is 10.5 Å². The average molecular weight is 199 g/mol. The molecule has 0 aromatic rings. The number of ether oxygens (including phenoxy) is 1. The van der Waals surface area contributed by atoms with Gasteiger partial charge < -0.3 is 10.5 Å². The molecular formula is C12H25NO. The summed E-state index contributed by atoms with van der Waals surface area (Å²) in [5.74, 6) is 1.48. The van der Waals surface area contributed by atoms with Gasteiger partial charge >= 0.3 is 0 Å². The molecule has 2 N–H and O–H groups in total. The first kappa shape index (κ1) is 12.0. The van der Waals surface area contributed by atoms with Crippen molar-refractivity contribution in [1.82, 2.24) is 0 Å². The van der Waals surface area contributed by atoms with Crippen molar-refractivity contribution in [2.75, 3.05) is 6.61 Å². The van der Waals surface area contributed by atoms with Crippen molar-refractivity contribution in [3.8, 4) is 0 Å². The zero-order chi connectivity index (χ0) is 10.6. The van der Waals surface area contributed by atoms with Crippen LogP contribution < -0.4 is 5.73 Å². The van der Waals surface area contributed by atoms with Crippen LogP contribution in [0.15, 0.2) is 0 Å². The summed E-state index contributed by atoms with van der Waals surface area (Å²) in [6.07, 6.45) is 5.40. The Kier molecular flexibility index (Phi) is 4.90. The smallest absolute Gasteiger partial charge is 0.0519 e. The Labute approximate surface area is 88.2 Å². The summed E-state index contributed by atoms with van der Waals surface area (Å²) in [4.78, 5) is 0. The van der Waals surface area contributed by atoms with Crippen molar-refractivity contribution in [2.45, 2.75) is 58.6 Å². The third-order valence-corrected chi connectivity index (χ3v) is 3.37. The van der Waals surface area contributed by atoms with Gasteiger partial charge in [-0.15, -0.1) is 0 Å². The third kappa shape index (κ3) is 3.58. The van der Waals surface area contributed by atoms with Gasteiger partial charge in [-0.05, 0) is 44.9 Å². The molecule has 1 fully saturated rings. The van der Waals surface area contributed by atoms with E-state index < -0.39 is 0 Å². The molecule has 0 aromatic carbocycles. The van der Waals surface area contributed by atoms with Gasteiger partial charge in [-0.2, -0.15) is 0 Å². The van der Waals surface area contributed by atoms with Crippen LogP contribution in [0.1, 0.15) is 46.5 Å². The maximum Gasteiger partial charge on any atom is 0.0519 e. The fraction of sp³-hybridized carbons (Fsp3) is 1.00. The van der Waals surface area contributed by atoms with E-state index in [9.17, 15) is 0 Å². The van der Waals surface area contributed by atoms with Gasteiger partial charge in [-0.25, -0.2) is 0 Å². The van der Waals surface area contributed by atoms with Crippen LogP contribution in [0.2, 0.25) is 0 Å². The van der Waals surface area contributed by atoms with Crippen LogP contribution in [0.25, 0.3) is 0 Å². The quantitative estimate of drug-likeness (QED) is 0.755. The molecular weight excluding hydrogens is 174 g/mol. The molecule has 0 aromatic heterocycles. The van der Waals surface area contributed by atoms with Crippen LogP contribution in [0.4, 0.5) is 0 Å². The average Bonchev–Trinajstić information content (AvgIpc) is 2.16. The zero-order valence-electron chi connectivity index (χ0n) is 9.83. The highest BCUT2D eigenvalue weighted by molar-refractivity contribution is 4.82. The predicted molar refractivity (Wildman–Crippen MR) is 60.2 cm³/mol. The van der Waals surface area contributed by atoms with Crippen LogP contribution in [0, 0.1) is 11.8 Å². The second-order valence-electron chi connectivity index (χ2n) is 4.89. The van der Waals surface area contributed by atoms with Gasteiger partial charge in [0, 0.05) is 6.04 Å². The molecule has 0 radical (unpaired) electrons. The van der Waals surface area contributed by atoms with E-state index in [2.05, 4.69) is 20.8 Å². The van der Waals surface area contributed by atoms with E-state index in [1.54, 1.807) is 0 Å². The summed E-state index contributed by atoms with van der Waals surface area (Å²) in [5, 5.41) is 0. The van der Waals surface area contributed by atoms with Gasteiger partial charge in [0.05, 0.1) is 12.7 Å². The highest BCUT2D eigenvalue weighted by Gasteiger charge is 2.27. The lowest BCUT2D eigenvalue weighted by molar-refractivity contribution is 0.0271. The van der Waals surface area contributed by atoms with E-state index in [0.717, 1.165) is 12.5 Å². The normalized spacial score (nSPS) is 33.6. The summed E-state index contributed by atoms with van der Waals surface area (Å²) < 4.78 is 5.66. The molecule has 1 aliphatic carbocycles. The van der Waals surface area contributed by atoms with Gasteiger partial charge in [-0.3, -0.25) is 0 Å². The van der Waals surface area contributed by atoms with Gasteiger partial charge in [0.1, 0.15) is 0 Å². The second-order valence-corrected chi connectivity index (χ2v) is 4.89. The molecule has 3 unspecified atom stereocenters. The molecule has 1 aliphatic rings. The molecule has 0 saturated heterocycles. The van der Waals surface area contributed by atoms with Crippen molar-refractivity contribution in [1.29, 1.82) is 0 Å². The Hall–Kier alpha value is -0.0800. The van der Waals surface area contributed by atoms with Crippen molar-refractivity contribution in [3.05, 3.63) is 0 Å². The Morgan fingerprint density at radius 1 is 1.36 bits per heavy atom. The molecule has 0 heterocycles. The number of hydrogen-bond donors (Lipinski definition) is 1. The van der Waals surface area contributed by atoms with Crippen LogP contribution >= 0.6 is 0 Å². The first-order chi connectivity index (χ1) is 6.63. The van der Waals surface area contributed by atoms with E-state index in [1.165, 1.54) is 25.7 Å². The Balaban J connectivity index is 2.32. The van der Waals surface area contributed by atoms with Gasteiger partial charge in [0.2, 0.25) is 0 Å². The molecule has 0 bridgehead atoms. The summed E-state index contributed by atoms with van der Waals surface area (Å²) in [6.45, 7) is 7.31. The first-order valence-electron chi connectivity index (χ1n) is 6.00. The molecule has 1 saturated carbocycles. The molecule has 2 nitrogen and oxygen atoms in total. The van der Waals surface area contributed by atoms with E-state index in [-0.39, 0.29) is 0 Å². The van der Waals surface area contributed by atoms with Crippen molar-refractivity contribution < 1.29 is 4.74 Å². The lowest BCUT2D eigenvalue weighted by atomic mass is 9.78. The van der Waals surface area contributed by atoms with Gasteiger partial charge in [0.15, 0.2) is 0 Å². The molecule has 84 valence electrons. The van der Waals surface area contributed by atoms with Crippen LogP contribution in [0.5, 0.6) is 0 Å². The SMILES string of the molecule is CCC1CCC(N)C(COC(C)C)C1. The monoisotopic (exact) mass is 199 g/mol. The minimum atomic E-state index is 0.337. The minimum absolute atomic E-state index is 0.337. The van der Waals surface area contributed by atoms with Crippen LogP contribution in [-0.2, 0) is 4.74 Å². The Morgan fingerprint density at radius 2 is 2.07 bits per heavy atom. The first-order valence-corrected chi connectivity index (χ1v) is 6.00. The molecule has 2 heteroatoms.